The lowest BCUT2D eigenvalue weighted by Gasteiger charge is -2.23. The van der Waals surface area contributed by atoms with Gasteiger partial charge in [0, 0.05) is 19.5 Å². The van der Waals surface area contributed by atoms with E-state index >= 15 is 0 Å². The lowest BCUT2D eigenvalue weighted by atomic mass is 9.84. The van der Waals surface area contributed by atoms with Gasteiger partial charge < -0.3 is 20.5 Å². The molecule has 0 heterocycles. The second-order valence-electron chi connectivity index (χ2n) is 5.68. The summed E-state index contributed by atoms with van der Waals surface area (Å²) in [5.41, 5.74) is -0.0977. The molecule has 0 aliphatic rings. The molecule has 0 bridgehead atoms. The molecule has 6 heteroatoms. The van der Waals surface area contributed by atoms with E-state index < -0.39 is 5.97 Å². The van der Waals surface area contributed by atoms with Crippen molar-refractivity contribution < 1.29 is 19.4 Å². The number of urea groups is 1. The highest BCUT2D eigenvalue weighted by Crippen LogP contribution is 2.25. The van der Waals surface area contributed by atoms with Crippen LogP contribution in [0.4, 0.5) is 4.79 Å². The number of rotatable bonds is 12. The van der Waals surface area contributed by atoms with Gasteiger partial charge in [-0.15, -0.1) is 6.58 Å². The third-order valence-corrected chi connectivity index (χ3v) is 3.10. The minimum atomic E-state index is -0.787. The molecule has 0 unspecified atom stereocenters. The molecule has 21 heavy (non-hydrogen) atoms. The van der Waals surface area contributed by atoms with Gasteiger partial charge >= 0.3 is 12.0 Å². The first-order valence-corrected chi connectivity index (χ1v) is 7.29. The predicted octanol–water partition coefficient (Wildman–Crippen LogP) is 2.16. The topological polar surface area (TPSA) is 87.7 Å². The number of ether oxygens (including phenoxy) is 1. The number of carboxylic acid groups (broad SMARTS) is 1. The Hall–Kier alpha value is -1.56. The Morgan fingerprint density at radius 3 is 2.48 bits per heavy atom. The van der Waals surface area contributed by atoms with E-state index in [-0.39, 0.29) is 17.9 Å². The summed E-state index contributed by atoms with van der Waals surface area (Å²) in [6, 6.07) is -0.226. The Kier molecular flexibility index (Phi) is 10.3. The van der Waals surface area contributed by atoms with E-state index in [1.165, 1.54) is 0 Å². The fourth-order valence-corrected chi connectivity index (χ4v) is 1.65. The van der Waals surface area contributed by atoms with Gasteiger partial charge in [-0.2, -0.15) is 0 Å². The predicted molar refractivity (Wildman–Crippen MR) is 82.3 cm³/mol. The summed E-state index contributed by atoms with van der Waals surface area (Å²) in [7, 11) is 0. The van der Waals surface area contributed by atoms with Crippen molar-refractivity contribution in [2.24, 2.45) is 5.41 Å². The molecule has 6 nitrogen and oxygen atoms in total. The smallest absolute Gasteiger partial charge is 0.314 e. The zero-order valence-electron chi connectivity index (χ0n) is 13.1. The highest BCUT2D eigenvalue weighted by Gasteiger charge is 2.19. The van der Waals surface area contributed by atoms with Gasteiger partial charge in [-0.25, -0.2) is 4.79 Å². The SMILES string of the molecule is C=CCCOCCNC(=O)NCCC(C)(C)CCC(=O)O. The van der Waals surface area contributed by atoms with Gasteiger partial charge in [-0.1, -0.05) is 19.9 Å². The number of aliphatic carboxylic acids is 1. The van der Waals surface area contributed by atoms with Crippen molar-refractivity contribution in [3.05, 3.63) is 12.7 Å². The van der Waals surface area contributed by atoms with Gasteiger partial charge in [0.05, 0.1) is 13.2 Å². The Balaban J connectivity index is 3.59. The van der Waals surface area contributed by atoms with Crippen molar-refractivity contribution >= 4 is 12.0 Å². The average molecular weight is 300 g/mol. The van der Waals surface area contributed by atoms with Crippen molar-refractivity contribution in [2.45, 2.75) is 39.5 Å². The number of hydrogen-bond donors (Lipinski definition) is 3. The van der Waals surface area contributed by atoms with Crippen LogP contribution in [0.15, 0.2) is 12.7 Å². The number of amides is 2. The number of carbonyl (C=O) groups is 2. The summed E-state index contributed by atoms with van der Waals surface area (Å²) in [6.45, 7) is 9.68. The fourth-order valence-electron chi connectivity index (χ4n) is 1.65. The molecule has 0 rings (SSSR count). The molecule has 0 aromatic rings. The molecule has 122 valence electrons. The molecular weight excluding hydrogens is 272 g/mol. The van der Waals surface area contributed by atoms with Crippen molar-refractivity contribution in [2.75, 3.05) is 26.3 Å². The van der Waals surface area contributed by atoms with Gasteiger partial charge in [-0.05, 0) is 24.7 Å². The van der Waals surface area contributed by atoms with Crippen LogP contribution in [0.1, 0.15) is 39.5 Å². The Morgan fingerprint density at radius 2 is 1.86 bits per heavy atom. The van der Waals surface area contributed by atoms with Crippen LogP contribution in [0.5, 0.6) is 0 Å². The summed E-state index contributed by atoms with van der Waals surface area (Å²) < 4.78 is 5.27. The van der Waals surface area contributed by atoms with E-state index in [0.29, 0.717) is 32.7 Å². The molecule has 0 aliphatic carbocycles. The van der Waals surface area contributed by atoms with Crippen molar-refractivity contribution in [3.63, 3.8) is 0 Å². The van der Waals surface area contributed by atoms with E-state index in [4.69, 9.17) is 9.84 Å². The summed E-state index contributed by atoms with van der Waals surface area (Å²) in [6.07, 6.45) is 4.08. The Bertz CT molecular complexity index is 330. The highest BCUT2D eigenvalue weighted by molar-refractivity contribution is 5.73. The molecule has 0 aliphatic heterocycles. The third kappa shape index (κ3) is 13.2. The number of nitrogens with one attached hydrogen (secondary N) is 2. The number of hydrogen-bond acceptors (Lipinski definition) is 3. The minimum absolute atomic E-state index is 0.0977. The molecule has 3 N–H and O–H groups in total. The lowest BCUT2D eigenvalue weighted by Crippen LogP contribution is -2.38. The first kappa shape index (κ1) is 19.4. The monoisotopic (exact) mass is 300 g/mol. The summed E-state index contributed by atoms with van der Waals surface area (Å²) in [5, 5.41) is 14.1. The van der Waals surface area contributed by atoms with Crippen LogP contribution in [0.2, 0.25) is 0 Å². The zero-order chi connectivity index (χ0) is 16.1. The van der Waals surface area contributed by atoms with Crippen molar-refractivity contribution in [1.82, 2.24) is 10.6 Å². The maximum atomic E-state index is 11.5. The Labute approximate surface area is 126 Å². The minimum Gasteiger partial charge on any atom is -0.481 e. The average Bonchev–Trinajstić information content (AvgIpc) is 2.40. The van der Waals surface area contributed by atoms with Crippen molar-refractivity contribution in [3.8, 4) is 0 Å². The quantitative estimate of drug-likeness (QED) is 0.381. The molecular formula is C15H28N2O4. The second kappa shape index (κ2) is 11.1. The van der Waals surface area contributed by atoms with Crippen LogP contribution < -0.4 is 10.6 Å². The first-order valence-electron chi connectivity index (χ1n) is 7.29. The molecule has 0 aromatic heterocycles. The fraction of sp³-hybridized carbons (Fsp3) is 0.733. The maximum Gasteiger partial charge on any atom is 0.314 e. The highest BCUT2D eigenvalue weighted by atomic mass is 16.5. The third-order valence-electron chi connectivity index (χ3n) is 3.10. The second-order valence-corrected chi connectivity index (χ2v) is 5.68. The Morgan fingerprint density at radius 1 is 1.19 bits per heavy atom. The van der Waals surface area contributed by atoms with E-state index in [0.717, 1.165) is 12.8 Å². The van der Waals surface area contributed by atoms with Gasteiger partial charge in [0.25, 0.3) is 0 Å². The normalized spacial score (nSPS) is 11.0. The van der Waals surface area contributed by atoms with Crippen LogP contribution in [-0.2, 0) is 9.53 Å². The van der Waals surface area contributed by atoms with Crippen LogP contribution in [0.3, 0.4) is 0 Å². The lowest BCUT2D eigenvalue weighted by molar-refractivity contribution is -0.137. The first-order chi connectivity index (χ1) is 9.87. The molecule has 0 saturated carbocycles. The van der Waals surface area contributed by atoms with E-state index in [1.807, 2.05) is 13.8 Å². The molecule has 2 amide bonds. The maximum absolute atomic E-state index is 11.5. The summed E-state index contributed by atoms with van der Waals surface area (Å²) in [5.74, 6) is -0.787. The molecule has 0 spiro atoms. The van der Waals surface area contributed by atoms with E-state index in [2.05, 4.69) is 17.2 Å². The van der Waals surface area contributed by atoms with E-state index in [1.54, 1.807) is 6.08 Å². The standard InChI is InChI=1S/C15H28N2O4/c1-4-5-11-21-12-10-17-14(20)16-9-8-15(2,3)7-6-13(18)19/h4H,1,5-12H2,2-3H3,(H,18,19)(H2,16,17,20). The molecule has 0 radical (unpaired) electrons. The van der Waals surface area contributed by atoms with Crippen LogP contribution in [0, 0.1) is 5.41 Å². The van der Waals surface area contributed by atoms with Gasteiger partial charge in [0.15, 0.2) is 0 Å². The zero-order valence-corrected chi connectivity index (χ0v) is 13.1. The molecule has 0 aromatic carbocycles. The summed E-state index contributed by atoms with van der Waals surface area (Å²) >= 11 is 0. The van der Waals surface area contributed by atoms with Gasteiger partial charge in [0.1, 0.15) is 0 Å². The molecule has 0 saturated heterocycles. The van der Waals surface area contributed by atoms with Crippen LogP contribution in [0.25, 0.3) is 0 Å². The van der Waals surface area contributed by atoms with E-state index in [9.17, 15) is 9.59 Å². The largest absolute Gasteiger partial charge is 0.481 e. The van der Waals surface area contributed by atoms with Gasteiger partial charge in [0.2, 0.25) is 0 Å². The summed E-state index contributed by atoms with van der Waals surface area (Å²) in [4.78, 5) is 22.0. The van der Waals surface area contributed by atoms with Crippen molar-refractivity contribution in [1.29, 1.82) is 0 Å². The van der Waals surface area contributed by atoms with Crippen LogP contribution in [-0.4, -0.2) is 43.4 Å². The molecule has 0 atom stereocenters. The number of carboxylic acids is 1. The van der Waals surface area contributed by atoms with Gasteiger partial charge in [-0.3, -0.25) is 4.79 Å². The molecule has 0 fully saturated rings. The number of carbonyl (C=O) groups excluding carboxylic acids is 1. The van der Waals surface area contributed by atoms with Crippen LogP contribution >= 0.6 is 0 Å².